The molecule has 0 heterocycles. The van der Waals surface area contributed by atoms with Gasteiger partial charge < -0.3 is 5.73 Å². The predicted molar refractivity (Wildman–Crippen MR) is 64.4 cm³/mol. The Morgan fingerprint density at radius 3 is 2.20 bits per heavy atom. The molecule has 1 aromatic carbocycles. The molecule has 0 aliphatic carbocycles. The van der Waals surface area contributed by atoms with E-state index in [9.17, 15) is 4.79 Å². The lowest BCUT2D eigenvalue weighted by Gasteiger charge is -2.12. The minimum absolute atomic E-state index is 0.124. The Balaban J connectivity index is 2.74. The smallest absolute Gasteiger partial charge is 0.161 e. The molecule has 0 atom stereocenters. The zero-order valence-corrected chi connectivity index (χ0v) is 9.45. The molecule has 0 amide bonds. The van der Waals surface area contributed by atoms with Crippen molar-refractivity contribution in [3.63, 3.8) is 0 Å². The molecular weight excluding hydrogens is 186 g/mol. The van der Waals surface area contributed by atoms with Crippen LogP contribution in [-0.2, 0) is 4.79 Å². The van der Waals surface area contributed by atoms with Crippen LogP contribution in [0.25, 0.3) is 6.08 Å². The molecule has 2 N–H and O–H groups in total. The van der Waals surface area contributed by atoms with E-state index in [1.165, 1.54) is 0 Å². The maximum atomic E-state index is 11.6. The van der Waals surface area contributed by atoms with E-state index in [2.05, 4.69) is 0 Å². The summed E-state index contributed by atoms with van der Waals surface area (Å²) in [5, 5.41) is 0. The predicted octanol–water partition coefficient (Wildman–Crippen LogP) is 2.90. The van der Waals surface area contributed by atoms with Gasteiger partial charge in [-0.05, 0) is 23.8 Å². The number of ketones is 1. The highest BCUT2D eigenvalue weighted by atomic mass is 16.1. The van der Waals surface area contributed by atoms with E-state index in [0.29, 0.717) is 0 Å². The molecule has 0 bridgehead atoms. The summed E-state index contributed by atoms with van der Waals surface area (Å²) in [6.45, 7) is 5.72. The van der Waals surface area contributed by atoms with E-state index in [4.69, 9.17) is 5.73 Å². The van der Waals surface area contributed by atoms with Crippen molar-refractivity contribution in [2.45, 2.75) is 20.8 Å². The number of benzene rings is 1. The number of carbonyl (C=O) groups is 1. The van der Waals surface area contributed by atoms with Crippen molar-refractivity contribution in [3.05, 3.63) is 35.9 Å². The first kappa shape index (κ1) is 11.5. The lowest BCUT2D eigenvalue weighted by molar-refractivity contribution is -0.121. The van der Waals surface area contributed by atoms with Gasteiger partial charge in [-0.15, -0.1) is 0 Å². The van der Waals surface area contributed by atoms with Crippen molar-refractivity contribution in [2.75, 3.05) is 5.73 Å². The van der Waals surface area contributed by atoms with Crippen LogP contribution in [-0.4, -0.2) is 5.78 Å². The van der Waals surface area contributed by atoms with Gasteiger partial charge in [-0.1, -0.05) is 39.0 Å². The number of hydrogen-bond donors (Lipinski definition) is 1. The molecule has 0 unspecified atom stereocenters. The maximum Gasteiger partial charge on any atom is 0.161 e. The highest BCUT2D eigenvalue weighted by Crippen LogP contribution is 2.16. The van der Waals surface area contributed by atoms with Gasteiger partial charge in [-0.3, -0.25) is 4.79 Å². The van der Waals surface area contributed by atoms with Crippen molar-refractivity contribution < 1.29 is 4.79 Å². The van der Waals surface area contributed by atoms with Crippen LogP contribution in [0, 0.1) is 5.41 Å². The lowest BCUT2D eigenvalue weighted by Crippen LogP contribution is -2.17. The van der Waals surface area contributed by atoms with Crippen molar-refractivity contribution >= 4 is 17.5 Å². The summed E-state index contributed by atoms with van der Waals surface area (Å²) in [6, 6.07) is 7.42. The Bertz CT molecular complexity index is 369. The monoisotopic (exact) mass is 203 g/mol. The minimum Gasteiger partial charge on any atom is -0.399 e. The quantitative estimate of drug-likeness (QED) is 0.593. The topological polar surface area (TPSA) is 43.1 Å². The van der Waals surface area contributed by atoms with Crippen LogP contribution in [0.15, 0.2) is 30.3 Å². The van der Waals surface area contributed by atoms with Gasteiger partial charge >= 0.3 is 0 Å². The minimum atomic E-state index is -0.315. The SMILES string of the molecule is CC(C)(C)C(=O)/C=C/c1ccc(N)cc1. The average Bonchev–Trinajstić information content (AvgIpc) is 2.15. The lowest BCUT2D eigenvalue weighted by atomic mass is 9.90. The van der Waals surface area contributed by atoms with Crippen molar-refractivity contribution in [2.24, 2.45) is 5.41 Å². The Labute approximate surface area is 90.8 Å². The van der Waals surface area contributed by atoms with E-state index < -0.39 is 0 Å². The summed E-state index contributed by atoms with van der Waals surface area (Å²) in [5.41, 5.74) is 6.96. The summed E-state index contributed by atoms with van der Waals surface area (Å²) in [4.78, 5) is 11.6. The van der Waals surface area contributed by atoms with Gasteiger partial charge in [0, 0.05) is 11.1 Å². The zero-order valence-electron chi connectivity index (χ0n) is 9.45. The molecule has 2 heteroatoms. The van der Waals surface area contributed by atoms with Crippen LogP contribution >= 0.6 is 0 Å². The van der Waals surface area contributed by atoms with Crippen LogP contribution in [0.2, 0.25) is 0 Å². The van der Waals surface area contributed by atoms with Gasteiger partial charge in [0.1, 0.15) is 0 Å². The number of anilines is 1. The van der Waals surface area contributed by atoms with Crippen LogP contribution in [0.4, 0.5) is 5.69 Å². The van der Waals surface area contributed by atoms with E-state index in [1.54, 1.807) is 6.08 Å². The van der Waals surface area contributed by atoms with E-state index in [-0.39, 0.29) is 11.2 Å². The molecule has 0 aliphatic rings. The van der Waals surface area contributed by atoms with Crippen molar-refractivity contribution in [3.8, 4) is 0 Å². The molecule has 0 fully saturated rings. The molecule has 0 aliphatic heterocycles. The summed E-state index contributed by atoms with van der Waals surface area (Å²) in [7, 11) is 0. The first-order valence-corrected chi connectivity index (χ1v) is 4.97. The summed E-state index contributed by atoms with van der Waals surface area (Å²) in [6.07, 6.45) is 3.43. The van der Waals surface area contributed by atoms with Crippen molar-refractivity contribution in [1.82, 2.24) is 0 Å². The van der Waals surface area contributed by atoms with Gasteiger partial charge in [0.25, 0.3) is 0 Å². The third-order valence-electron chi connectivity index (χ3n) is 2.10. The van der Waals surface area contributed by atoms with Gasteiger partial charge in [-0.25, -0.2) is 0 Å². The third-order valence-corrected chi connectivity index (χ3v) is 2.10. The van der Waals surface area contributed by atoms with Gasteiger partial charge in [0.2, 0.25) is 0 Å². The highest BCUT2D eigenvalue weighted by Gasteiger charge is 2.17. The molecule has 2 nitrogen and oxygen atoms in total. The van der Waals surface area contributed by atoms with Gasteiger partial charge in [0.05, 0.1) is 0 Å². The normalized spacial score (nSPS) is 11.9. The Hall–Kier alpha value is -1.57. The number of nitrogens with two attached hydrogens (primary N) is 1. The highest BCUT2D eigenvalue weighted by molar-refractivity contribution is 5.97. The summed E-state index contributed by atoms with van der Waals surface area (Å²) in [5.74, 6) is 0.124. The maximum absolute atomic E-state index is 11.6. The molecule has 0 saturated carbocycles. The van der Waals surface area contributed by atoms with Gasteiger partial charge in [0.15, 0.2) is 5.78 Å². The van der Waals surface area contributed by atoms with Crippen molar-refractivity contribution in [1.29, 1.82) is 0 Å². The van der Waals surface area contributed by atoms with E-state index >= 15 is 0 Å². The Morgan fingerprint density at radius 2 is 1.73 bits per heavy atom. The van der Waals surface area contributed by atoms with E-state index in [0.717, 1.165) is 11.3 Å². The van der Waals surface area contributed by atoms with Crippen LogP contribution in [0.3, 0.4) is 0 Å². The Morgan fingerprint density at radius 1 is 1.20 bits per heavy atom. The standard InChI is InChI=1S/C13H17NO/c1-13(2,3)12(15)9-6-10-4-7-11(14)8-5-10/h4-9H,14H2,1-3H3/b9-6+. The molecule has 0 radical (unpaired) electrons. The fraction of sp³-hybridized carbons (Fsp3) is 0.308. The zero-order chi connectivity index (χ0) is 11.5. The summed E-state index contributed by atoms with van der Waals surface area (Å²) >= 11 is 0. The van der Waals surface area contributed by atoms with Gasteiger partial charge in [-0.2, -0.15) is 0 Å². The second-order valence-corrected chi connectivity index (χ2v) is 4.61. The fourth-order valence-electron chi connectivity index (χ4n) is 1.03. The molecule has 0 saturated heterocycles. The largest absolute Gasteiger partial charge is 0.399 e. The molecule has 80 valence electrons. The molecule has 0 aromatic heterocycles. The third kappa shape index (κ3) is 3.58. The van der Waals surface area contributed by atoms with E-state index in [1.807, 2.05) is 51.1 Å². The number of nitrogen functional groups attached to an aromatic ring is 1. The van der Waals surface area contributed by atoms with Crippen LogP contribution in [0.5, 0.6) is 0 Å². The molecule has 1 aromatic rings. The number of allylic oxidation sites excluding steroid dienone is 1. The number of hydrogen-bond acceptors (Lipinski definition) is 2. The second-order valence-electron chi connectivity index (χ2n) is 4.61. The molecule has 1 rings (SSSR count). The molecule has 0 spiro atoms. The molecule has 15 heavy (non-hydrogen) atoms. The second kappa shape index (κ2) is 4.30. The first-order valence-electron chi connectivity index (χ1n) is 4.97. The van der Waals surface area contributed by atoms with Crippen LogP contribution < -0.4 is 5.73 Å². The number of rotatable bonds is 2. The molecular formula is C13H17NO. The fourth-order valence-corrected chi connectivity index (χ4v) is 1.03. The average molecular weight is 203 g/mol. The van der Waals surface area contributed by atoms with Crippen LogP contribution in [0.1, 0.15) is 26.3 Å². The summed E-state index contributed by atoms with van der Waals surface area (Å²) < 4.78 is 0. The first-order chi connectivity index (χ1) is 6.89. The number of carbonyl (C=O) groups excluding carboxylic acids is 1. The Kier molecular flexibility index (Phi) is 3.30.